The first-order chi connectivity index (χ1) is 16.1. The lowest BCUT2D eigenvalue weighted by Gasteiger charge is -2.19. The van der Waals surface area contributed by atoms with E-state index in [2.05, 4.69) is 10.0 Å². The fourth-order valence-corrected chi connectivity index (χ4v) is 5.10. The number of carbonyl (C=O) groups is 1. The molecule has 0 saturated carbocycles. The number of ether oxygens (including phenoxy) is 2. The van der Waals surface area contributed by atoms with E-state index in [0.29, 0.717) is 22.7 Å². The monoisotopic (exact) mass is 482 g/mol. The van der Waals surface area contributed by atoms with Gasteiger partial charge < -0.3 is 14.8 Å². The zero-order valence-corrected chi connectivity index (χ0v) is 21.0. The highest BCUT2D eigenvalue weighted by Crippen LogP contribution is 2.30. The first-order valence-corrected chi connectivity index (χ1v) is 12.3. The van der Waals surface area contributed by atoms with Crippen LogP contribution in [0.5, 0.6) is 11.5 Å². The minimum Gasteiger partial charge on any atom is -0.497 e. The third kappa shape index (κ3) is 5.51. The zero-order chi connectivity index (χ0) is 25.0. The molecule has 3 aromatic carbocycles. The first kappa shape index (κ1) is 25.1. The highest BCUT2D eigenvalue weighted by Gasteiger charge is 2.22. The van der Waals surface area contributed by atoms with E-state index in [0.717, 1.165) is 16.7 Å². The number of benzene rings is 3. The van der Waals surface area contributed by atoms with E-state index in [1.165, 1.54) is 6.07 Å². The molecular formula is C26H30N2O5S. The number of amides is 1. The average Bonchev–Trinajstić information content (AvgIpc) is 2.80. The van der Waals surface area contributed by atoms with Crippen molar-refractivity contribution in [3.05, 3.63) is 82.4 Å². The summed E-state index contributed by atoms with van der Waals surface area (Å²) in [5.41, 5.74) is 3.87. The van der Waals surface area contributed by atoms with Crippen molar-refractivity contribution in [2.75, 3.05) is 18.9 Å². The maximum Gasteiger partial charge on any atom is 0.262 e. The van der Waals surface area contributed by atoms with Gasteiger partial charge in [-0.25, -0.2) is 8.42 Å². The molecule has 2 N–H and O–H groups in total. The van der Waals surface area contributed by atoms with Crippen LogP contribution in [-0.4, -0.2) is 28.5 Å². The van der Waals surface area contributed by atoms with E-state index in [9.17, 15) is 13.2 Å². The van der Waals surface area contributed by atoms with Gasteiger partial charge in [-0.05, 0) is 75.2 Å². The average molecular weight is 483 g/mol. The van der Waals surface area contributed by atoms with Gasteiger partial charge in [0.1, 0.15) is 11.5 Å². The van der Waals surface area contributed by atoms with Crippen LogP contribution >= 0.6 is 0 Å². The summed E-state index contributed by atoms with van der Waals surface area (Å²) in [6.45, 7) is 7.31. The molecule has 0 aromatic heterocycles. The van der Waals surface area contributed by atoms with E-state index >= 15 is 0 Å². The first-order valence-electron chi connectivity index (χ1n) is 10.8. The van der Waals surface area contributed by atoms with E-state index in [1.54, 1.807) is 57.5 Å². The molecule has 34 heavy (non-hydrogen) atoms. The number of methoxy groups -OCH3 is 2. The number of anilines is 1. The Hall–Kier alpha value is -3.52. The molecule has 0 aliphatic carbocycles. The van der Waals surface area contributed by atoms with Crippen LogP contribution in [0, 0.1) is 20.8 Å². The SMILES string of the molecule is COc1ccc(OC)c([C@H](C)NC(=O)c2ccc(C)c(S(=O)(=O)Nc3ccc(C)cc3C)c2)c1. The van der Waals surface area contributed by atoms with Gasteiger partial charge >= 0.3 is 0 Å². The molecule has 0 bridgehead atoms. The zero-order valence-electron chi connectivity index (χ0n) is 20.2. The van der Waals surface area contributed by atoms with Gasteiger partial charge in [-0.2, -0.15) is 0 Å². The van der Waals surface area contributed by atoms with E-state index in [4.69, 9.17) is 9.47 Å². The summed E-state index contributed by atoms with van der Waals surface area (Å²) in [5, 5.41) is 2.91. The maximum atomic E-state index is 13.2. The lowest BCUT2D eigenvalue weighted by molar-refractivity contribution is 0.0939. The third-order valence-corrected chi connectivity index (χ3v) is 7.12. The molecule has 8 heteroatoms. The number of carbonyl (C=O) groups excluding carboxylic acids is 1. The highest BCUT2D eigenvalue weighted by molar-refractivity contribution is 7.92. The van der Waals surface area contributed by atoms with Crippen LogP contribution in [0.3, 0.4) is 0 Å². The molecule has 3 aromatic rings. The Morgan fingerprint density at radius 2 is 1.62 bits per heavy atom. The Morgan fingerprint density at radius 1 is 0.882 bits per heavy atom. The number of aryl methyl sites for hydroxylation is 3. The summed E-state index contributed by atoms with van der Waals surface area (Å²) >= 11 is 0. The molecule has 1 atom stereocenters. The van der Waals surface area contributed by atoms with Crippen LogP contribution in [-0.2, 0) is 10.0 Å². The molecule has 180 valence electrons. The Labute approximate surface area is 201 Å². The Morgan fingerprint density at radius 3 is 2.26 bits per heavy atom. The van der Waals surface area contributed by atoms with Gasteiger partial charge in [-0.15, -0.1) is 0 Å². The normalized spacial score (nSPS) is 12.1. The van der Waals surface area contributed by atoms with Crippen molar-refractivity contribution in [1.82, 2.24) is 5.32 Å². The van der Waals surface area contributed by atoms with Crippen molar-refractivity contribution < 1.29 is 22.7 Å². The van der Waals surface area contributed by atoms with Crippen molar-refractivity contribution >= 4 is 21.6 Å². The number of sulfonamides is 1. The van der Waals surface area contributed by atoms with Crippen LogP contribution in [0.15, 0.2) is 59.5 Å². The van der Waals surface area contributed by atoms with Crippen LogP contribution in [0.25, 0.3) is 0 Å². The number of hydrogen-bond donors (Lipinski definition) is 2. The number of rotatable bonds is 8. The van der Waals surface area contributed by atoms with Gasteiger partial charge in [0.2, 0.25) is 0 Å². The minimum absolute atomic E-state index is 0.0479. The summed E-state index contributed by atoms with van der Waals surface area (Å²) < 4.78 is 39.7. The largest absolute Gasteiger partial charge is 0.497 e. The minimum atomic E-state index is -3.90. The maximum absolute atomic E-state index is 13.2. The topological polar surface area (TPSA) is 93.7 Å². The second kappa shape index (κ2) is 10.2. The summed E-state index contributed by atoms with van der Waals surface area (Å²) in [4.78, 5) is 13.1. The van der Waals surface area contributed by atoms with Gasteiger partial charge in [0.15, 0.2) is 0 Å². The molecule has 0 aliphatic rings. The summed E-state index contributed by atoms with van der Waals surface area (Å²) in [7, 11) is -0.782. The second-order valence-corrected chi connectivity index (χ2v) is 9.86. The summed E-state index contributed by atoms with van der Waals surface area (Å²) in [6, 6.07) is 15.0. The van der Waals surface area contributed by atoms with Crippen molar-refractivity contribution in [3.63, 3.8) is 0 Å². The molecule has 0 spiro atoms. The standard InChI is InChI=1S/C26H30N2O5S/c1-16-7-11-23(18(3)13-16)28-34(30,31)25-14-20(9-8-17(25)2)26(29)27-19(4)22-15-21(32-5)10-12-24(22)33-6/h7-15,19,28H,1-6H3,(H,27,29)/t19-/m0/s1. The molecule has 0 aliphatic heterocycles. The molecule has 0 fully saturated rings. The van der Waals surface area contributed by atoms with E-state index in [1.807, 2.05) is 32.9 Å². The van der Waals surface area contributed by atoms with E-state index < -0.39 is 22.0 Å². The lowest BCUT2D eigenvalue weighted by Crippen LogP contribution is -2.27. The van der Waals surface area contributed by atoms with E-state index in [-0.39, 0.29) is 10.5 Å². The number of nitrogens with one attached hydrogen (secondary N) is 2. The van der Waals surface area contributed by atoms with Crippen molar-refractivity contribution in [1.29, 1.82) is 0 Å². The van der Waals surface area contributed by atoms with Crippen LogP contribution in [0.1, 0.15) is 45.6 Å². The van der Waals surface area contributed by atoms with Crippen molar-refractivity contribution in [3.8, 4) is 11.5 Å². The number of hydrogen-bond acceptors (Lipinski definition) is 5. The van der Waals surface area contributed by atoms with Gasteiger partial charge in [0.05, 0.1) is 30.8 Å². The Kier molecular flexibility index (Phi) is 7.51. The summed E-state index contributed by atoms with van der Waals surface area (Å²) in [6.07, 6.45) is 0. The molecule has 0 radical (unpaired) electrons. The molecule has 1 amide bonds. The second-order valence-electron chi connectivity index (χ2n) is 8.21. The van der Waals surface area contributed by atoms with Crippen molar-refractivity contribution in [2.24, 2.45) is 0 Å². The van der Waals surface area contributed by atoms with Crippen LogP contribution in [0.4, 0.5) is 5.69 Å². The summed E-state index contributed by atoms with van der Waals surface area (Å²) in [5.74, 6) is 0.844. The predicted molar refractivity (Wildman–Crippen MR) is 133 cm³/mol. The van der Waals surface area contributed by atoms with Crippen LogP contribution in [0.2, 0.25) is 0 Å². The fourth-order valence-electron chi connectivity index (χ4n) is 3.69. The van der Waals surface area contributed by atoms with Gasteiger partial charge in [-0.3, -0.25) is 9.52 Å². The molecular weight excluding hydrogens is 452 g/mol. The van der Waals surface area contributed by atoms with Crippen LogP contribution < -0.4 is 19.5 Å². The highest BCUT2D eigenvalue weighted by atomic mass is 32.2. The van der Waals surface area contributed by atoms with Gasteiger partial charge in [-0.1, -0.05) is 23.8 Å². The molecule has 3 rings (SSSR count). The quantitative estimate of drug-likeness (QED) is 0.475. The molecule has 7 nitrogen and oxygen atoms in total. The van der Waals surface area contributed by atoms with Crippen molar-refractivity contribution in [2.45, 2.75) is 38.6 Å². The Balaban J connectivity index is 1.87. The molecule has 0 unspecified atom stereocenters. The molecule has 0 heterocycles. The lowest BCUT2D eigenvalue weighted by atomic mass is 10.1. The fraction of sp³-hybridized carbons (Fsp3) is 0.269. The Bertz CT molecular complexity index is 1320. The van der Waals surface area contributed by atoms with Gasteiger partial charge in [0.25, 0.3) is 15.9 Å². The smallest absolute Gasteiger partial charge is 0.262 e. The van der Waals surface area contributed by atoms with Gasteiger partial charge in [0, 0.05) is 11.1 Å². The predicted octanol–water partition coefficient (Wildman–Crippen LogP) is 4.92. The molecule has 0 saturated heterocycles. The third-order valence-electron chi connectivity index (χ3n) is 5.62.